The number of aromatic carboxylic acids is 1. The van der Waals surface area contributed by atoms with Gasteiger partial charge in [0, 0.05) is 28.8 Å². The predicted molar refractivity (Wildman–Crippen MR) is 96.0 cm³/mol. The first kappa shape index (κ1) is 19.6. The zero-order valence-corrected chi connectivity index (χ0v) is 14.4. The van der Waals surface area contributed by atoms with Gasteiger partial charge in [-0.25, -0.2) is 4.79 Å². The summed E-state index contributed by atoms with van der Waals surface area (Å²) in [6.45, 7) is 0. The lowest BCUT2D eigenvalue weighted by Crippen LogP contribution is -2.02. The molecule has 30 heavy (non-hydrogen) atoms. The first-order valence-electron chi connectivity index (χ1n) is 7.70. The fourth-order valence-electron chi connectivity index (χ4n) is 3.23. The number of nitrogens with zero attached hydrogens (tertiary/aromatic N) is 5. The molecule has 0 heterocycles. The van der Waals surface area contributed by atoms with Crippen molar-refractivity contribution in [3.63, 3.8) is 0 Å². The van der Waals surface area contributed by atoms with E-state index in [2.05, 4.69) is 0 Å². The van der Waals surface area contributed by atoms with Gasteiger partial charge in [0.1, 0.15) is 17.7 Å². The topological polar surface area (TPSA) is 214 Å². The number of carboxylic acids is 1. The molecule has 0 atom stereocenters. The summed E-state index contributed by atoms with van der Waals surface area (Å²) in [5.74, 6) is -1.56. The number of nitro groups is 3. The number of benzene rings is 2. The number of rotatable bonds is 4. The lowest BCUT2D eigenvalue weighted by molar-refractivity contribution is -0.394. The first-order chi connectivity index (χ1) is 14.1. The number of nitriles is 2. The highest BCUT2D eigenvalue weighted by Gasteiger charge is 2.40. The maximum atomic E-state index is 11.6. The van der Waals surface area contributed by atoms with Gasteiger partial charge in [0.15, 0.2) is 0 Å². The molecule has 146 valence electrons. The molecule has 0 saturated carbocycles. The second kappa shape index (κ2) is 6.77. The van der Waals surface area contributed by atoms with Crippen LogP contribution in [0, 0.1) is 53.0 Å². The van der Waals surface area contributed by atoms with Gasteiger partial charge < -0.3 is 5.11 Å². The zero-order chi connectivity index (χ0) is 22.3. The van der Waals surface area contributed by atoms with E-state index in [0.717, 1.165) is 12.1 Å². The number of nitro benzene ring substituents is 3. The molecule has 0 radical (unpaired) electrons. The van der Waals surface area contributed by atoms with E-state index in [1.54, 1.807) is 0 Å². The molecule has 1 aliphatic rings. The van der Waals surface area contributed by atoms with E-state index >= 15 is 0 Å². The van der Waals surface area contributed by atoms with E-state index in [-0.39, 0.29) is 16.7 Å². The number of hydrogen-bond donors (Lipinski definition) is 1. The molecule has 1 N–H and O–H groups in total. The second-order valence-corrected chi connectivity index (χ2v) is 5.86. The normalized spacial score (nSPS) is 10.9. The van der Waals surface area contributed by atoms with Crippen LogP contribution in [-0.4, -0.2) is 25.8 Å². The van der Waals surface area contributed by atoms with Crippen LogP contribution in [-0.2, 0) is 0 Å². The molecule has 13 heteroatoms. The summed E-state index contributed by atoms with van der Waals surface area (Å²) in [7, 11) is 0. The van der Waals surface area contributed by atoms with Crippen LogP contribution in [0.15, 0.2) is 29.8 Å². The summed E-state index contributed by atoms with van der Waals surface area (Å²) in [6.07, 6.45) is 0. The minimum Gasteiger partial charge on any atom is -0.478 e. The van der Waals surface area contributed by atoms with E-state index in [4.69, 9.17) is 0 Å². The van der Waals surface area contributed by atoms with Crippen LogP contribution < -0.4 is 0 Å². The van der Waals surface area contributed by atoms with E-state index in [0.29, 0.717) is 12.1 Å². The zero-order valence-electron chi connectivity index (χ0n) is 14.4. The minimum absolute atomic E-state index is 0.293. The highest BCUT2D eigenvalue weighted by atomic mass is 16.6. The van der Waals surface area contributed by atoms with Gasteiger partial charge in [0.25, 0.3) is 17.1 Å². The minimum atomic E-state index is -1.56. The van der Waals surface area contributed by atoms with E-state index in [1.165, 1.54) is 12.1 Å². The van der Waals surface area contributed by atoms with Gasteiger partial charge in [0.2, 0.25) is 0 Å². The molecule has 0 amide bonds. The Bertz CT molecular complexity index is 1230. The molecule has 0 unspecified atom stereocenters. The fourth-order valence-corrected chi connectivity index (χ4v) is 3.23. The summed E-state index contributed by atoms with van der Waals surface area (Å²) in [6, 6.07) is 6.10. The van der Waals surface area contributed by atoms with Crippen LogP contribution in [0.3, 0.4) is 0 Å². The Labute approximate surface area is 164 Å². The first-order valence-corrected chi connectivity index (χ1v) is 7.70. The van der Waals surface area contributed by atoms with Crippen molar-refractivity contribution in [3.8, 4) is 23.3 Å². The summed E-state index contributed by atoms with van der Waals surface area (Å²) in [4.78, 5) is 42.9. The van der Waals surface area contributed by atoms with Crippen LogP contribution in [0.1, 0.15) is 21.5 Å². The smallest absolute Gasteiger partial charge is 0.335 e. The number of non-ortho nitro benzene ring substituents is 1. The number of carboxylic acid groups (broad SMARTS) is 1. The summed E-state index contributed by atoms with van der Waals surface area (Å²) < 4.78 is 0. The maximum Gasteiger partial charge on any atom is 0.335 e. The molecule has 2 aromatic carbocycles. The molecule has 0 bridgehead atoms. The second-order valence-electron chi connectivity index (χ2n) is 5.86. The molecular formula is C17H5N5O8. The summed E-state index contributed by atoms with van der Waals surface area (Å²) >= 11 is 0. The highest BCUT2D eigenvalue weighted by Crippen LogP contribution is 2.54. The Morgan fingerprint density at radius 2 is 1.33 bits per heavy atom. The van der Waals surface area contributed by atoms with Gasteiger partial charge in [-0.05, 0) is 6.07 Å². The number of fused-ring (bicyclic) bond motifs is 3. The standard InChI is InChI=1S/C17H5N5O8/c18-5-8(6-19)14-10-1-7(17(23)24)2-12(21(27)28)15(10)16-11(14)3-9(20(25)26)4-13(16)22(29)30/h1-4H,(H,23,24). The lowest BCUT2D eigenvalue weighted by Gasteiger charge is -2.05. The Kier molecular flexibility index (Phi) is 4.42. The van der Waals surface area contributed by atoms with Gasteiger partial charge in [-0.15, -0.1) is 0 Å². The van der Waals surface area contributed by atoms with Crippen molar-refractivity contribution in [1.29, 1.82) is 10.5 Å². The third-order valence-electron chi connectivity index (χ3n) is 4.33. The Hall–Kier alpha value is -5.17. The molecule has 2 aromatic rings. The number of carbonyl (C=O) groups is 1. The van der Waals surface area contributed by atoms with E-state index in [9.17, 15) is 50.8 Å². The number of hydrogen-bond acceptors (Lipinski definition) is 9. The monoisotopic (exact) mass is 407 g/mol. The molecule has 0 aromatic heterocycles. The van der Waals surface area contributed by atoms with Gasteiger partial charge in [-0.1, -0.05) is 0 Å². The van der Waals surface area contributed by atoms with Crippen LogP contribution in [0.4, 0.5) is 17.1 Å². The average molecular weight is 407 g/mol. The molecule has 0 spiro atoms. The Balaban J connectivity index is 2.67. The van der Waals surface area contributed by atoms with Crippen LogP contribution >= 0.6 is 0 Å². The molecule has 0 aliphatic heterocycles. The Morgan fingerprint density at radius 1 is 0.833 bits per heavy atom. The maximum absolute atomic E-state index is 11.6. The van der Waals surface area contributed by atoms with Crippen molar-refractivity contribution in [3.05, 3.63) is 76.9 Å². The molecule has 1 aliphatic carbocycles. The van der Waals surface area contributed by atoms with Gasteiger partial charge in [-0.2, -0.15) is 10.5 Å². The van der Waals surface area contributed by atoms with Gasteiger partial charge in [0.05, 0.1) is 37.5 Å². The van der Waals surface area contributed by atoms with Crippen molar-refractivity contribution in [2.75, 3.05) is 0 Å². The highest BCUT2D eigenvalue weighted by molar-refractivity contribution is 6.11. The van der Waals surface area contributed by atoms with Crippen molar-refractivity contribution < 1.29 is 24.7 Å². The molecular weight excluding hydrogens is 402 g/mol. The largest absolute Gasteiger partial charge is 0.478 e. The van der Waals surface area contributed by atoms with E-state index < -0.39 is 60.1 Å². The van der Waals surface area contributed by atoms with Crippen molar-refractivity contribution in [2.45, 2.75) is 0 Å². The molecule has 0 saturated heterocycles. The quantitative estimate of drug-likeness (QED) is 0.379. The van der Waals surface area contributed by atoms with E-state index in [1.807, 2.05) is 0 Å². The lowest BCUT2D eigenvalue weighted by atomic mass is 9.97. The third-order valence-corrected chi connectivity index (χ3v) is 4.33. The van der Waals surface area contributed by atoms with Crippen molar-refractivity contribution in [2.24, 2.45) is 0 Å². The SMILES string of the molecule is N#CC(C#N)=C1c2cc(C(=O)O)cc([N+](=O)[O-])c2-c2c1cc([N+](=O)[O-])cc2[N+](=O)[O-]. The van der Waals surface area contributed by atoms with Gasteiger partial charge >= 0.3 is 5.97 Å². The van der Waals surface area contributed by atoms with Gasteiger partial charge in [-0.3, -0.25) is 30.3 Å². The predicted octanol–water partition coefficient (Wildman–Crippen LogP) is 2.94. The molecule has 0 fully saturated rings. The summed E-state index contributed by atoms with van der Waals surface area (Å²) in [5, 5.41) is 62.3. The van der Waals surface area contributed by atoms with Crippen LogP contribution in [0.5, 0.6) is 0 Å². The molecule has 3 rings (SSSR count). The van der Waals surface area contributed by atoms with Crippen molar-refractivity contribution in [1.82, 2.24) is 0 Å². The van der Waals surface area contributed by atoms with Crippen molar-refractivity contribution >= 4 is 28.6 Å². The number of allylic oxidation sites excluding steroid dienone is 1. The van der Waals surface area contributed by atoms with Crippen LogP contribution in [0.2, 0.25) is 0 Å². The average Bonchev–Trinajstić information content (AvgIpc) is 3.01. The van der Waals surface area contributed by atoms with Crippen LogP contribution in [0.25, 0.3) is 16.7 Å². The summed E-state index contributed by atoms with van der Waals surface area (Å²) in [5.41, 5.74) is -5.45. The third kappa shape index (κ3) is 2.76. The fraction of sp³-hybridized carbons (Fsp3) is 0. The Morgan fingerprint density at radius 3 is 1.77 bits per heavy atom. The molecule has 13 nitrogen and oxygen atoms in total.